The Hall–Kier alpha value is -2.24. The third-order valence-electron chi connectivity index (χ3n) is 7.18. The standard InChI is InChI=1S/C24H35N3O3/c1-17-3-5-21(6-4-17)30-10-9-27(2)22(28)7-8-25-23(29)26-24-14-18-11-19(15-24)13-20(12-18)16-24/h3-6,18-20H,7-16H2,1-2H3,(H2,25,26,29). The van der Waals surface area contributed by atoms with Crippen molar-refractivity contribution in [3.8, 4) is 5.75 Å². The lowest BCUT2D eigenvalue weighted by Crippen LogP contribution is -2.61. The summed E-state index contributed by atoms with van der Waals surface area (Å²) in [4.78, 5) is 26.4. The van der Waals surface area contributed by atoms with Gasteiger partial charge >= 0.3 is 6.03 Å². The first-order valence-electron chi connectivity index (χ1n) is 11.4. The minimum absolute atomic E-state index is 0.00690. The van der Waals surface area contributed by atoms with Crippen molar-refractivity contribution in [1.29, 1.82) is 0 Å². The van der Waals surface area contributed by atoms with Crippen LogP contribution >= 0.6 is 0 Å². The predicted molar refractivity (Wildman–Crippen MR) is 116 cm³/mol. The van der Waals surface area contributed by atoms with Crippen LogP contribution in [0.4, 0.5) is 4.79 Å². The van der Waals surface area contributed by atoms with Crippen LogP contribution < -0.4 is 15.4 Å². The maximum atomic E-state index is 12.5. The molecule has 4 saturated carbocycles. The third kappa shape index (κ3) is 5.08. The molecule has 3 amide bonds. The fraction of sp³-hybridized carbons (Fsp3) is 0.667. The molecule has 0 saturated heterocycles. The summed E-state index contributed by atoms with van der Waals surface area (Å²) in [7, 11) is 1.77. The molecule has 2 N–H and O–H groups in total. The van der Waals surface area contributed by atoms with Crippen LogP contribution in [0.15, 0.2) is 24.3 Å². The lowest BCUT2D eigenvalue weighted by atomic mass is 9.53. The summed E-state index contributed by atoms with van der Waals surface area (Å²) < 4.78 is 5.69. The van der Waals surface area contributed by atoms with Gasteiger partial charge in [-0.15, -0.1) is 0 Å². The van der Waals surface area contributed by atoms with E-state index in [1.54, 1.807) is 11.9 Å². The third-order valence-corrected chi connectivity index (χ3v) is 7.18. The molecule has 4 aliphatic rings. The Morgan fingerprint density at radius 3 is 2.27 bits per heavy atom. The van der Waals surface area contributed by atoms with E-state index in [1.807, 2.05) is 31.2 Å². The molecule has 0 aromatic heterocycles. The summed E-state index contributed by atoms with van der Waals surface area (Å²) in [5, 5.41) is 6.19. The van der Waals surface area contributed by atoms with Crippen molar-refractivity contribution in [3.05, 3.63) is 29.8 Å². The minimum Gasteiger partial charge on any atom is -0.492 e. The topological polar surface area (TPSA) is 70.7 Å². The smallest absolute Gasteiger partial charge is 0.315 e. The fourth-order valence-electron chi connectivity index (χ4n) is 6.08. The van der Waals surface area contributed by atoms with Crippen molar-refractivity contribution in [2.75, 3.05) is 26.7 Å². The first-order valence-corrected chi connectivity index (χ1v) is 11.4. The predicted octanol–water partition coefficient (Wildman–Crippen LogP) is 3.49. The quantitative estimate of drug-likeness (QED) is 0.685. The lowest BCUT2D eigenvalue weighted by Gasteiger charge is -2.56. The normalized spacial score (nSPS) is 28.8. The number of ether oxygens (including phenoxy) is 1. The first-order chi connectivity index (χ1) is 14.4. The van der Waals surface area contributed by atoms with E-state index in [4.69, 9.17) is 4.74 Å². The van der Waals surface area contributed by atoms with Crippen LogP contribution in [-0.4, -0.2) is 49.1 Å². The number of nitrogens with one attached hydrogen (secondary N) is 2. The van der Waals surface area contributed by atoms with Crippen LogP contribution in [0, 0.1) is 24.7 Å². The SMILES string of the molecule is Cc1ccc(OCCN(C)C(=O)CCNC(=O)NC23CC4CC(CC(C4)C2)C3)cc1. The van der Waals surface area contributed by atoms with Gasteiger partial charge in [0.05, 0.1) is 6.54 Å². The van der Waals surface area contributed by atoms with Crippen LogP contribution in [0.3, 0.4) is 0 Å². The molecular formula is C24H35N3O3. The molecule has 4 fully saturated rings. The van der Waals surface area contributed by atoms with Crippen molar-refractivity contribution in [1.82, 2.24) is 15.5 Å². The summed E-state index contributed by atoms with van der Waals surface area (Å²) in [6.07, 6.45) is 7.78. The van der Waals surface area contributed by atoms with E-state index in [-0.39, 0.29) is 17.5 Å². The van der Waals surface area contributed by atoms with E-state index in [0.29, 0.717) is 26.1 Å². The molecule has 5 rings (SSSR count). The molecule has 164 valence electrons. The summed E-state index contributed by atoms with van der Waals surface area (Å²) in [5.41, 5.74) is 1.20. The van der Waals surface area contributed by atoms with Crippen LogP contribution in [0.5, 0.6) is 5.75 Å². The zero-order valence-corrected chi connectivity index (χ0v) is 18.3. The summed E-state index contributed by atoms with van der Waals surface area (Å²) in [5.74, 6) is 3.22. The average molecular weight is 414 g/mol. The summed E-state index contributed by atoms with van der Waals surface area (Å²) >= 11 is 0. The zero-order chi connectivity index (χ0) is 21.1. The highest BCUT2D eigenvalue weighted by Gasteiger charge is 2.51. The van der Waals surface area contributed by atoms with Crippen LogP contribution in [0.25, 0.3) is 0 Å². The lowest BCUT2D eigenvalue weighted by molar-refractivity contribution is -0.130. The summed E-state index contributed by atoms with van der Waals surface area (Å²) in [6, 6.07) is 7.76. The number of hydrogen-bond acceptors (Lipinski definition) is 3. The number of carbonyl (C=O) groups is 2. The molecule has 0 radical (unpaired) electrons. The van der Waals surface area contributed by atoms with Gasteiger partial charge in [-0.1, -0.05) is 17.7 Å². The number of likely N-dealkylation sites (N-methyl/N-ethyl adjacent to an activating group) is 1. The summed E-state index contributed by atoms with van der Waals surface area (Å²) in [6.45, 7) is 3.37. The van der Waals surface area contributed by atoms with E-state index in [9.17, 15) is 9.59 Å². The molecule has 0 spiro atoms. The number of rotatable bonds is 8. The Labute approximate surface area is 179 Å². The Morgan fingerprint density at radius 2 is 1.67 bits per heavy atom. The molecule has 4 bridgehead atoms. The van der Waals surface area contributed by atoms with Gasteiger partial charge in [0.15, 0.2) is 0 Å². The van der Waals surface area contributed by atoms with E-state index in [2.05, 4.69) is 10.6 Å². The number of hydrogen-bond donors (Lipinski definition) is 2. The fourth-order valence-corrected chi connectivity index (χ4v) is 6.08. The van der Waals surface area contributed by atoms with Crippen LogP contribution in [0.2, 0.25) is 0 Å². The van der Waals surface area contributed by atoms with Crippen LogP contribution in [0.1, 0.15) is 50.5 Å². The molecule has 6 nitrogen and oxygen atoms in total. The molecule has 1 aromatic rings. The van der Waals surface area contributed by atoms with E-state index in [0.717, 1.165) is 42.8 Å². The van der Waals surface area contributed by atoms with Gasteiger partial charge in [-0.25, -0.2) is 4.79 Å². The number of nitrogens with zero attached hydrogens (tertiary/aromatic N) is 1. The monoisotopic (exact) mass is 413 g/mol. The van der Waals surface area contributed by atoms with Gasteiger partial charge in [0.2, 0.25) is 5.91 Å². The Balaban J connectivity index is 1.13. The molecule has 1 aromatic carbocycles. The second kappa shape index (κ2) is 8.86. The van der Waals surface area contributed by atoms with Gasteiger partial charge < -0.3 is 20.3 Å². The van der Waals surface area contributed by atoms with E-state index >= 15 is 0 Å². The van der Waals surface area contributed by atoms with Gasteiger partial charge in [0, 0.05) is 25.6 Å². The van der Waals surface area contributed by atoms with Gasteiger partial charge in [0.25, 0.3) is 0 Å². The molecule has 0 atom stereocenters. The van der Waals surface area contributed by atoms with Gasteiger partial charge in [0.1, 0.15) is 12.4 Å². The van der Waals surface area contributed by atoms with Gasteiger partial charge in [-0.3, -0.25) is 4.79 Å². The van der Waals surface area contributed by atoms with Crippen molar-refractivity contribution in [3.63, 3.8) is 0 Å². The Morgan fingerprint density at radius 1 is 1.07 bits per heavy atom. The molecular weight excluding hydrogens is 378 g/mol. The minimum atomic E-state index is -0.116. The molecule has 0 aliphatic heterocycles. The molecule has 0 unspecified atom stereocenters. The van der Waals surface area contributed by atoms with Crippen LogP contribution in [-0.2, 0) is 4.79 Å². The number of aryl methyl sites for hydroxylation is 1. The first kappa shape index (κ1) is 21.0. The van der Waals surface area contributed by atoms with Crippen molar-refractivity contribution in [2.45, 2.75) is 57.4 Å². The second-order valence-electron chi connectivity index (χ2n) is 9.81. The average Bonchev–Trinajstić information content (AvgIpc) is 2.67. The Bertz CT molecular complexity index is 726. The molecule has 30 heavy (non-hydrogen) atoms. The zero-order valence-electron chi connectivity index (χ0n) is 18.3. The number of amides is 3. The van der Waals surface area contributed by atoms with Crippen molar-refractivity contribution in [2.24, 2.45) is 17.8 Å². The Kier molecular flexibility index (Phi) is 6.21. The van der Waals surface area contributed by atoms with E-state index < -0.39 is 0 Å². The highest BCUT2D eigenvalue weighted by molar-refractivity contribution is 5.78. The maximum Gasteiger partial charge on any atom is 0.315 e. The van der Waals surface area contributed by atoms with E-state index in [1.165, 1.54) is 24.8 Å². The molecule has 6 heteroatoms. The highest BCUT2D eigenvalue weighted by atomic mass is 16.5. The second-order valence-corrected chi connectivity index (χ2v) is 9.81. The van der Waals surface area contributed by atoms with Gasteiger partial charge in [-0.05, 0) is 75.3 Å². The molecule has 0 heterocycles. The number of benzene rings is 1. The van der Waals surface area contributed by atoms with Crippen molar-refractivity contribution >= 4 is 11.9 Å². The van der Waals surface area contributed by atoms with Gasteiger partial charge in [-0.2, -0.15) is 0 Å². The molecule has 4 aliphatic carbocycles. The number of urea groups is 1. The van der Waals surface area contributed by atoms with Crippen molar-refractivity contribution < 1.29 is 14.3 Å². The largest absolute Gasteiger partial charge is 0.492 e. The highest BCUT2D eigenvalue weighted by Crippen LogP contribution is 2.55. The maximum absolute atomic E-state index is 12.5. The number of carbonyl (C=O) groups excluding carboxylic acids is 2.